The number of rotatable bonds is 6. The van der Waals surface area contributed by atoms with Gasteiger partial charge in [-0.3, -0.25) is 0 Å². The van der Waals surface area contributed by atoms with Gasteiger partial charge < -0.3 is 4.65 Å². The number of benzene rings is 1. The molecule has 0 atom stereocenters. The van der Waals surface area contributed by atoms with Crippen LogP contribution < -0.4 is 4.65 Å². The van der Waals surface area contributed by atoms with E-state index in [2.05, 4.69) is 13.8 Å². The van der Waals surface area contributed by atoms with E-state index >= 15 is 0 Å². The van der Waals surface area contributed by atoms with Gasteiger partial charge in [-0.05, 0) is 24.8 Å². The molecule has 1 nitrogen and oxygen atoms in total. The molecule has 1 aromatic rings. The van der Waals surface area contributed by atoms with Gasteiger partial charge in [-0.2, -0.15) is 0 Å². The van der Waals surface area contributed by atoms with Gasteiger partial charge in [0.05, 0.1) is 5.75 Å². The highest BCUT2D eigenvalue weighted by molar-refractivity contribution is 6.52. The zero-order valence-electron chi connectivity index (χ0n) is 9.20. The van der Waals surface area contributed by atoms with Crippen molar-refractivity contribution in [2.45, 2.75) is 39.3 Å². The predicted octanol–water partition coefficient (Wildman–Crippen LogP) is 3.88. The quantitative estimate of drug-likeness (QED) is 0.618. The summed E-state index contributed by atoms with van der Waals surface area (Å²) in [6.07, 6.45) is 4.69. The van der Waals surface area contributed by atoms with Crippen LogP contribution in [0, 0.1) is 0 Å². The third-order valence-corrected chi connectivity index (χ3v) is 2.27. The predicted molar refractivity (Wildman–Crippen MR) is 63.0 cm³/mol. The molecule has 0 amide bonds. The fraction of sp³-hybridized carbons (Fsp3) is 0.500. The molecular formula is C12H19BO. The van der Waals surface area contributed by atoms with Gasteiger partial charge in [-0.15, -0.1) is 0 Å². The lowest BCUT2D eigenvalue weighted by Crippen LogP contribution is -2.20. The Bertz CT molecular complexity index is 229. The second-order valence-corrected chi connectivity index (χ2v) is 3.63. The first-order valence-electron chi connectivity index (χ1n) is 5.58. The summed E-state index contributed by atoms with van der Waals surface area (Å²) in [6, 6.07) is 10.1. The molecule has 0 N–H and O–H groups in total. The third kappa shape index (κ3) is 3.86. The summed E-state index contributed by atoms with van der Waals surface area (Å²) < 4.78 is 5.90. The van der Waals surface area contributed by atoms with E-state index in [4.69, 9.17) is 4.65 Å². The molecule has 0 bridgehead atoms. The summed E-state index contributed by atoms with van der Waals surface area (Å²) in [6.45, 7) is 4.81. The van der Waals surface area contributed by atoms with Crippen molar-refractivity contribution in [2.24, 2.45) is 0 Å². The molecule has 0 saturated heterocycles. The second-order valence-electron chi connectivity index (χ2n) is 3.63. The first-order valence-corrected chi connectivity index (χ1v) is 5.58. The molecule has 1 rings (SSSR count). The Labute approximate surface area is 87.6 Å². The highest BCUT2D eigenvalue weighted by Crippen LogP contribution is 2.14. The van der Waals surface area contributed by atoms with E-state index < -0.39 is 0 Å². The van der Waals surface area contributed by atoms with E-state index in [0.29, 0.717) is 6.92 Å². The van der Waals surface area contributed by atoms with Crippen molar-refractivity contribution >= 4 is 6.92 Å². The molecule has 0 spiro atoms. The Morgan fingerprint density at radius 3 is 2.07 bits per heavy atom. The average Bonchev–Trinajstić information content (AvgIpc) is 2.20. The average molecular weight is 190 g/mol. The second kappa shape index (κ2) is 6.53. The normalized spacial score (nSPS) is 9.86. The van der Waals surface area contributed by atoms with Crippen LogP contribution in [0.15, 0.2) is 30.3 Å². The zero-order chi connectivity index (χ0) is 10.2. The molecule has 0 aliphatic heterocycles. The Morgan fingerprint density at radius 1 is 1.00 bits per heavy atom. The molecule has 2 heteroatoms. The molecule has 76 valence electrons. The number of para-hydroxylation sites is 1. The molecule has 1 aromatic carbocycles. The molecule has 0 saturated carbocycles. The Morgan fingerprint density at radius 2 is 1.57 bits per heavy atom. The molecule has 14 heavy (non-hydrogen) atoms. The van der Waals surface area contributed by atoms with Crippen LogP contribution in [0.1, 0.15) is 26.7 Å². The third-order valence-electron chi connectivity index (χ3n) is 2.27. The maximum absolute atomic E-state index is 5.90. The van der Waals surface area contributed by atoms with Crippen LogP contribution in [-0.4, -0.2) is 6.92 Å². The van der Waals surface area contributed by atoms with E-state index in [0.717, 1.165) is 18.4 Å². The molecule has 0 unspecified atom stereocenters. The van der Waals surface area contributed by atoms with E-state index in [1.807, 2.05) is 30.3 Å². The SMILES string of the molecule is CCCB(CCC)Oc1ccccc1. The molecule has 0 fully saturated rings. The molecule has 0 radical (unpaired) electrons. The van der Waals surface area contributed by atoms with Crippen molar-refractivity contribution < 1.29 is 4.65 Å². The van der Waals surface area contributed by atoms with Gasteiger partial charge >= 0.3 is 6.92 Å². The summed E-state index contributed by atoms with van der Waals surface area (Å²) in [4.78, 5) is 0. The molecule has 0 aromatic heterocycles. The van der Waals surface area contributed by atoms with Crippen molar-refractivity contribution in [1.82, 2.24) is 0 Å². The number of hydrogen-bond donors (Lipinski definition) is 0. The van der Waals surface area contributed by atoms with Crippen LogP contribution >= 0.6 is 0 Å². The van der Waals surface area contributed by atoms with E-state index in [1.54, 1.807) is 0 Å². The smallest absolute Gasteiger partial charge is 0.357 e. The zero-order valence-corrected chi connectivity index (χ0v) is 9.20. The largest absolute Gasteiger partial charge is 0.561 e. The Kier molecular flexibility index (Phi) is 5.20. The maximum atomic E-state index is 5.90. The van der Waals surface area contributed by atoms with Crippen molar-refractivity contribution in [3.8, 4) is 5.75 Å². The van der Waals surface area contributed by atoms with Gasteiger partial charge in [0.2, 0.25) is 0 Å². The standard InChI is InChI=1S/C12H19BO/c1-3-10-13(11-4-2)14-12-8-6-5-7-9-12/h5-9H,3-4,10-11H2,1-2H3. The molecular weight excluding hydrogens is 171 g/mol. The van der Waals surface area contributed by atoms with E-state index in [9.17, 15) is 0 Å². The van der Waals surface area contributed by atoms with Gasteiger partial charge in [-0.1, -0.05) is 44.9 Å². The molecule has 0 aliphatic rings. The minimum Gasteiger partial charge on any atom is -0.561 e. The summed E-state index contributed by atoms with van der Waals surface area (Å²) in [5, 5.41) is 0. The highest BCUT2D eigenvalue weighted by atomic mass is 16.4. The molecule has 0 aliphatic carbocycles. The van der Waals surface area contributed by atoms with E-state index in [-0.39, 0.29) is 0 Å². The van der Waals surface area contributed by atoms with Crippen molar-refractivity contribution in [2.75, 3.05) is 0 Å². The van der Waals surface area contributed by atoms with Crippen LogP contribution in [0.2, 0.25) is 12.6 Å². The first-order chi connectivity index (χ1) is 6.86. The van der Waals surface area contributed by atoms with Crippen LogP contribution in [0.3, 0.4) is 0 Å². The summed E-state index contributed by atoms with van der Waals surface area (Å²) in [5.74, 6) is 0.999. The van der Waals surface area contributed by atoms with Gasteiger partial charge in [0.1, 0.15) is 0 Å². The molecule has 0 heterocycles. The van der Waals surface area contributed by atoms with Crippen molar-refractivity contribution in [3.05, 3.63) is 30.3 Å². The minimum atomic E-state index is 0.396. The van der Waals surface area contributed by atoms with Gasteiger partial charge in [-0.25, -0.2) is 0 Å². The van der Waals surface area contributed by atoms with E-state index in [1.165, 1.54) is 12.8 Å². The van der Waals surface area contributed by atoms with Crippen molar-refractivity contribution in [3.63, 3.8) is 0 Å². The summed E-state index contributed by atoms with van der Waals surface area (Å²) in [5.41, 5.74) is 0. The van der Waals surface area contributed by atoms with Gasteiger partial charge in [0.15, 0.2) is 0 Å². The highest BCUT2D eigenvalue weighted by Gasteiger charge is 2.14. The van der Waals surface area contributed by atoms with Crippen LogP contribution in [-0.2, 0) is 0 Å². The summed E-state index contributed by atoms with van der Waals surface area (Å²) >= 11 is 0. The van der Waals surface area contributed by atoms with Gasteiger partial charge in [0, 0.05) is 0 Å². The Balaban J connectivity index is 2.46. The monoisotopic (exact) mass is 190 g/mol. The van der Waals surface area contributed by atoms with Crippen LogP contribution in [0.25, 0.3) is 0 Å². The maximum Gasteiger partial charge on any atom is 0.357 e. The van der Waals surface area contributed by atoms with Gasteiger partial charge in [0.25, 0.3) is 0 Å². The lowest BCUT2D eigenvalue weighted by molar-refractivity contribution is 0.558. The van der Waals surface area contributed by atoms with Crippen LogP contribution in [0.4, 0.5) is 0 Å². The fourth-order valence-corrected chi connectivity index (χ4v) is 1.60. The minimum absolute atomic E-state index is 0.396. The lowest BCUT2D eigenvalue weighted by Gasteiger charge is -2.14. The topological polar surface area (TPSA) is 9.23 Å². The lowest BCUT2D eigenvalue weighted by atomic mass is 9.60. The Hall–Kier alpha value is -0.915. The van der Waals surface area contributed by atoms with Crippen LogP contribution in [0.5, 0.6) is 5.75 Å². The van der Waals surface area contributed by atoms with Crippen molar-refractivity contribution in [1.29, 1.82) is 0 Å². The number of hydrogen-bond acceptors (Lipinski definition) is 1. The first kappa shape index (κ1) is 11.2. The summed E-state index contributed by atoms with van der Waals surface area (Å²) in [7, 11) is 0. The fourth-order valence-electron chi connectivity index (χ4n) is 1.60.